The van der Waals surface area contributed by atoms with E-state index in [1.807, 2.05) is 4.90 Å². The Morgan fingerprint density at radius 1 is 1.18 bits per heavy atom. The Hall–Kier alpha value is -1.22. The van der Waals surface area contributed by atoms with Gasteiger partial charge in [0, 0.05) is 18.8 Å². The van der Waals surface area contributed by atoms with E-state index in [0.29, 0.717) is 16.3 Å². The molecule has 17 heavy (non-hydrogen) atoms. The summed E-state index contributed by atoms with van der Waals surface area (Å²) in [6, 6.07) is 5.19. The SMILES string of the molecule is Nc1cccc(Cl)c1C(=O)N1CCCCCC1. The number of nitrogen functional groups attached to an aromatic ring is 1. The Morgan fingerprint density at radius 2 is 1.82 bits per heavy atom. The molecule has 1 aliphatic rings. The van der Waals surface area contributed by atoms with Crippen LogP contribution in [0.1, 0.15) is 36.0 Å². The van der Waals surface area contributed by atoms with E-state index in [9.17, 15) is 4.79 Å². The molecule has 0 unspecified atom stereocenters. The van der Waals surface area contributed by atoms with Crippen LogP contribution in [0.4, 0.5) is 5.69 Å². The van der Waals surface area contributed by atoms with Crippen LogP contribution in [-0.2, 0) is 0 Å². The van der Waals surface area contributed by atoms with E-state index in [-0.39, 0.29) is 5.91 Å². The summed E-state index contributed by atoms with van der Waals surface area (Å²) in [6.45, 7) is 1.62. The van der Waals surface area contributed by atoms with Gasteiger partial charge in [-0.25, -0.2) is 0 Å². The van der Waals surface area contributed by atoms with Crippen molar-refractivity contribution in [2.24, 2.45) is 0 Å². The van der Waals surface area contributed by atoms with Gasteiger partial charge in [0.25, 0.3) is 5.91 Å². The summed E-state index contributed by atoms with van der Waals surface area (Å²) in [7, 11) is 0. The van der Waals surface area contributed by atoms with Gasteiger partial charge in [0.15, 0.2) is 0 Å². The highest BCUT2D eigenvalue weighted by Gasteiger charge is 2.21. The van der Waals surface area contributed by atoms with Gasteiger partial charge in [0.05, 0.1) is 10.6 Å². The van der Waals surface area contributed by atoms with Gasteiger partial charge in [0.2, 0.25) is 0 Å². The molecule has 1 aromatic rings. The van der Waals surface area contributed by atoms with Gasteiger partial charge < -0.3 is 10.6 Å². The molecule has 0 spiro atoms. The summed E-state index contributed by atoms with van der Waals surface area (Å²) in [5.74, 6) is -0.0324. The molecule has 0 aliphatic carbocycles. The fraction of sp³-hybridized carbons (Fsp3) is 0.462. The molecule has 1 heterocycles. The van der Waals surface area contributed by atoms with E-state index in [4.69, 9.17) is 17.3 Å². The average Bonchev–Trinajstić information content (AvgIpc) is 2.57. The lowest BCUT2D eigenvalue weighted by molar-refractivity contribution is 0.0763. The monoisotopic (exact) mass is 252 g/mol. The minimum Gasteiger partial charge on any atom is -0.398 e. The molecule has 2 rings (SSSR count). The topological polar surface area (TPSA) is 46.3 Å². The number of nitrogens with two attached hydrogens (primary N) is 1. The Balaban J connectivity index is 2.23. The lowest BCUT2D eigenvalue weighted by atomic mass is 10.1. The van der Waals surface area contributed by atoms with Crippen LogP contribution in [0.15, 0.2) is 18.2 Å². The van der Waals surface area contributed by atoms with Gasteiger partial charge in [-0.2, -0.15) is 0 Å². The quantitative estimate of drug-likeness (QED) is 0.781. The molecule has 0 aromatic heterocycles. The Kier molecular flexibility index (Phi) is 3.89. The first-order valence-electron chi connectivity index (χ1n) is 6.03. The molecule has 1 amide bonds. The molecule has 4 heteroatoms. The third-order valence-corrected chi connectivity index (χ3v) is 3.47. The van der Waals surface area contributed by atoms with Crippen molar-refractivity contribution in [1.29, 1.82) is 0 Å². The predicted octanol–water partition coefficient (Wildman–Crippen LogP) is 2.94. The fourth-order valence-corrected chi connectivity index (χ4v) is 2.46. The third kappa shape index (κ3) is 2.72. The number of hydrogen-bond acceptors (Lipinski definition) is 2. The van der Waals surface area contributed by atoms with E-state index in [1.165, 1.54) is 12.8 Å². The highest BCUT2D eigenvalue weighted by Crippen LogP contribution is 2.24. The molecule has 1 aromatic carbocycles. The second kappa shape index (κ2) is 5.41. The first-order chi connectivity index (χ1) is 8.20. The summed E-state index contributed by atoms with van der Waals surface area (Å²) in [6.07, 6.45) is 4.52. The number of carbonyl (C=O) groups is 1. The third-order valence-electron chi connectivity index (χ3n) is 3.15. The minimum atomic E-state index is -0.0324. The van der Waals surface area contributed by atoms with Crippen molar-refractivity contribution in [3.8, 4) is 0 Å². The predicted molar refractivity (Wildman–Crippen MR) is 70.2 cm³/mol. The van der Waals surface area contributed by atoms with Crippen molar-refractivity contribution in [3.63, 3.8) is 0 Å². The molecule has 1 aliphatic heterocycles. The maximum Gasteiger partial charge on any atom is 0.257 e. The number of benzene rings is 1. The summed E-state index contributed by atoms with van der Waals surface area (Å²) >= 11 is 6.06. The van der Waals surface area contributed by atoms with E-state index in [1.54, 1.807) is 18.2 Å². The molecule has 1 saturated heterocycles. The largest absolute Gasteiger partial charge is 0.398 e. The van der Waals surface area contributed by atoms with Crippen molar-refractivity contribution < 1.29 is 4.79 Å². The summed E-state index contributed by atoms with van der Waals surface area (Å²) in [5.41, 5.74) is 6.76. The second-order valence-electron chi connectivity index (χ2n) is 4.41. The van der Waals surface area contributed by atoms with E-state index >= 15 is 0 Å². The molecule has 0 radical (unpaired) electrons. The number of halogens is 1. The number of amides is 1. The Morgan fingerprint density at radius 3 is 2.41 bits per heavy atom. The zero-order chi connectivity index (χ0) is 12.3. The van der Waals surface area contributed by atoms with Crippen molar-refractivity contribution in [2.75, 3.05) is 18.8 Å². The molecule has 0 saturated carbocycles. The molecular formula is C13H17ClN2O. The van der Waals surface area contributed by atoms with Crippen LogP contribution in [0.25, 0.3) is 0 Å². The molecule has 92 valence electrons. The number of nitrogens with zero attached hydrogens (tertiary/aromatic N) is 1. The van der Waals surface area contributed by atoms with Crippen molar-refractivity contribution in [1.82, 2.24) is 4.90 Å². The average molecular weight is 253 g/mol. The van der Waals surface area contributed by atoms with Gasteiger partial charge in [-0.05, 0) is 25.0 Å². The van der Waals surface area contributed by atoms with Crippen LogP contribution in [-0.4, -0.2) is 23.9 Å². The molecule has 3 nitrogen and oxygen atoms in total. The second-order valence-corrected chi connectivity index (χ2v) is 4.82. The number of likely N-dealkylation sites (tertiary alicyclic amines) is 1. The normalized spacial score (nSPS) is 16.6. The van der Waals surface area contributed by atoms with E-state index in [2.05, 4.69) is 0 Å². The van der Waals surface area contributed by atoms with Gasteiger partial charge in [-0.1, -0.05) is 30.5 Å². The van der Waals surface area contributed by atoms with Crippen LogP contribution in [0, 0.1) is 0 Å². The number of rotatable bonds is 1. The Labute approximate surface area is 107 Å². The fourth-order valence-electron chi connectivity index (χ4n) is 2.20. The van der Waals surface area contributed by atoms with Crippen LogP contribution in [0.3, 0.4) is 0 Å². The van der Waals surface area contributed by atoms with Crippen molar-refractivity contribution in [2.45, 2.75) is 25.7 Å². The molecule has 0 bridgehead atoms. The maximum absolute atomic E-state index is 12.4. The van der Waals surface area contributed by atoms with Crippen LogP contribution < -0.4 is 5.73 Å². The van der Waals surface area contributed by atoms with Crippen molar-refractivity contribution in [3.05, 3.63) is 28.8 Å². The zero-order valence-corrected chi connectivity index (χ0v) is 10.5. The first-order valence-corrected chi connectivity index (χ1v) is 6.41. The van der Waals surface area contributed by atoms with Crippen LogP contribution >= 0.6 is 11.6 Å². The molecular weight excluding hydrogens is 236 g/mol. The molecule has 0 atom stereocenters. The minimum absolute atomic E-state index is 0.0324. The van der Waals surface area contributed by atoms with Gasteiger partial charge >= 0.3 is 0 Å². The summed E-state index contributed by atoms with van der Waals surface area (Å²) in [4.78, 5) is 14.2. The van der Waals surface area contributed by atoms with Gasteiger partial charge in [-0.15, -0.1) is 0 Å². The number of anilines is 1. The zero-order valence-electron chi connectivity index (χ0n) is 9.79. The Bertz CT molecular complexity index is 392. The highest BCUT2D eigenvalue weighted by molar-refractivity contribution is 6.34. The summed E-state index contributed by atoms with van der Waals surface area (Å²) < 4.78 is 0. The highest BCUT2D eigenvalue weighted by atomic mass is 35.5. The number of hydrogen-bond donors (Lipinski definition) is 1. The van der Waals surface area contributed by atoms with Gasteiger partial charge in [0.1, 0.15) is 0 Å². The first kappa shape index (κ1) is 12.2. The summed E-state index contributed by atoms with van der Waals surface area (Å²) in [5, 5.41) is 0.444. The lowest BCUT2D eigenvalue weighted by Crippen LogP contribution is -2.32. The van der Waals surface area contributed by atoms with E-state index in [0.717, 1.165) is 25.9 Å². The maximum atomic E-state index is 12.4. The van der Waals surface area contributed by atoms with Crippen molar-refractivity contribution >= 4 is 23.2 Å². The van der Waals surface area contributed by atoms with Gasteiger partial charge in [-0.3, -0.25) is 4.79 Å². The smallest absolute Gasteiger partial charge is 0.257 e. The molecule has 1 fully saturated rings. The molecule has 2 N–H and O–H groups in total. The lowest BCUT2D eigenvalue weighted by Gasteiger charge is -2.21. The van der Waals surface area contributed by atoms with Crippen LogP contribution in [0.5, 0.6) is 0 Å². The van der Waals surface area contributed by atoms with E-state index < -0.39 is 0 Å². The number of carbonyl (C=O) groups excluding carboxylic acids is 1. The standard InChI is InChI=1S/C13H17ClN2O/c14-10-6-5-7-11(15)12(10)13(17)16-8-3-1-2-4-9-16/h5-7H,1-4,8-9,15H2. The van der Waals surface area contributed by atoms with Crippen LogP contribution in [0.2, 0.25) is 5.02 Å².